The molecule has 1 unspecified atom stereocenters. The molecule has 0 rings (SSSR count). The molecular formula is C5H10N2O3. The van der Waals surface area contributed by atoms with E-state index >= 15 is 0 Å². The van der Waals surface area contributed by atoms with Crippen molar-refractivity contribution in [1.29, 1.82) is 0 Å². The van der Waals surface area contributed by atoms with E-state index < -0.39 is 11.6 Å². The van der Waals surface area contributed by atoms with Crippen molar-refractivity contribution < 1.29 is 14.7 Å². The van der Waals surface area contributed by atoms with Crippen molar-refractivity contribution in [1.82, 2.24) is 5.32 Å². The summed E-state index contributed by atoms with van der Waals surface area (Å²) in [4.78, 5) is 20.0. The van der Waals surface area contributed by atoms with Gasteiger partial charge >= 0.3 is 5.97 Å². The summed E-state index contributed by atoms with van der Waals surface area (Å²) in [5, 5.41) is 10.7. The van der Waals surface area contributed by atoms with Crippen molar-refractivity contribution in [3.05, 3.63) is 0 Å². The molecule has 0 amide bonds. The van der Waals surface area contributed by atoms with Crippen molar-refractivity contribution >= 4 is 12.3 Å². The number of carbonyl (C=O) groups is 2. The highest BCUT2D eigenvalue weighted by molar-refractivity contribution is 5.77. The molecule has 0 heterocycles. The number of hydrogen-bond acceptors (Lipinski definition) is 4. The van der Waals surface area contributed by atoms with E-state index in [0.29, 0.717) is 6.29 Å². The zero-order valence-corrected chi connectivity index (χ0v) is 5.63. The highest BCUT2D eigenvalue weighted by Gasteiger charge is 2.26. The smallest absolute Gasteiger partial charge is 0.338 e. The first kappa shape index (κ1) is 9.06. The van der Waals surface area contributed by atoms with Crippen LogP contribution in [0.4, 0.5) is 0 Å². The molecule has 0 aliphatic carbocycles. The van der Waals surface area contributed by atoms with Crippen LogP contribution in [0.2, 0.25) is 0 Å². The van der Waals surface area contributed by atoms with Crippen molar-refractivity contribution in [3.63, 3.8) is 0 Å². The van der Waals surface area contributed by atoms with Gasteiger partial charge in [-0.2, -0.15) is 0 Å². The van der Waals surface area contributed by atoms with Crippen LogP contribution in [0, 0.1) is 0 Å². The monoisotopic (exact) mass is 146 g/mol. The summed E-state index contributed by atoms with van der Waals surface area (Å²) in [5.74, 6) is -1.19. The Balaban J connectivity index is 3.86. The minimum atomic E-state index is -1.51. The molecule has 0 fully saturated rings. The summed E-state index contributed by atoms with van der Waals surface area (Å²) in [6.07, 6.45) is 0.550. The molecule has 0 saturated carbocycles. The first-order valence-electron chi connectivity index (χ1n) is 2.71. The maximum absolute atomic E-state index is 10.2. The van der Waals surface area contributed by atoms with Crippen LogP contribution < -0.4 is 11.1 Å². The molecule has 4 N–H and O–H groups in total. The lowest BCUT2D eigenvalue weighted by atomic mass is 10.2. The van der Waals surface area contributed by atoms with Gasteiger partial charge in [-0.3, -0.25) is 5.32 Å². The van der Waals surface area contributed by atoms with E-state index in [1.807, 2.05) is 0 Å². The maximum Gasteiger partial charge on any atom is 0.338 e. The second-order valence-electron chi connectivity index (χ2n) is 2.06. The van der Waals surface area contributed by atoms with Gasteiger partial charge in [0.15, 0.2) is 5.66 Å². The minimum absolute atomic E-state index is 0.0563. The fourth-order valence-corrected chi connectivity index (χ4v) is 0.329. The molecule has 0 radical (unpaired) electrons. The van der Waals surface area contributed by atoms with E-state index in [2.05, 4.69) is 5.32 Å². The Bertz CT molecular complexity index is 144. The zero-order chi connectivity index (χ0) is 8.20. The molecule has 0 spiro atoms. The normalized spacial score (nSPS) is 15.8. The molecule has 10 heavy (non-hydrogen) atoms. The summed E-state index contributed by atoms with van der Waals surface area (Å²) in [7, 11) is 0. The SMILES string of the molecule is CC(N)(NCC=O)C(=O)O. The topological polar surface area (TPSA) is 92.4 Å². The molecule has 0 saturated heterocycles. The quantitative estimate of drug-likeness (QED) is 0.333. The Morgan fingerprint density at radius 2 is 2.40 bits per heavy atom. The fourth-order valence-electron chi connectivity index (χ4n) is 0.329. The van der Waals surface area contributed by atoms with E-state index in [4.69, 9.17) is 10.8 Å². The minimum Gasteiger partial charge on any atom is -0.479 e. The summed E-state index contributed by atoms with van der Waals surface area (Å²) in [5.41, 5.74) is 3.66. The molecule has 0 aromatic heterocycles. The maximum atomic E-state index is 10.2. The van der Waals surface area contributed by atoms with Gasteiger partial charge in [-0.25, -0.2) is 4.79 Å². The van der Waals surface area contributed by atoms with Crippen LogP contribution in [-0.4, -0.2) is 29.6 Å². The van der Waals surface area contributed by atoms with Gasteiger partial charge < -0.3 is 15.6 Å². The first-order chi connectivity index (χ1) is 4.50. The van der Waals surface area contributed by atoms with E-state index in [-0.39, 0.29) is 6.54 Å². The van der Waals surface area contributed by atoms with Crippen molar-refractivity contribution in [2.24, 2.45) is 5.73 Å². The zero-order valence-electron chi connectivity index (χ0n) is 5.63. The Hall–Kier alpha value is -0.940. The van der Waals surface area contributed by atoms with Crippen LogP contribution in [-0.2, 0) is 9.59 Å². The summed E-state index contributed by atoms with van der Waals surface area (Å²) in [6.45, 7) is 1.22. The average Bonchev–Trinajstić information content (AvgIpc) is 1.84. The van der Waals surface area contributed by atoms with Crippen LogP contribution in [0.5, 0.6) is 0 Å². The molecule has 5 nitrogen and oxygen atoms in total. The molecule has 0 aliphatic heterocycles. The predicted octanol–water partition coefficient (Wildman–Crippen LogP) is -1.47. The molecule has 58 valence electrons. The molecule has 5 heteroatoms. The van der Waals surface area contributed by atoms with Crippen LogP contribution >= 0.6 is 0 Å². The Labute approximate surface area is 58.2 Å². The number of aliphatic carboxylic acids is 1. The largest absolute Gasteiger partial charge is 0.479 e. The van der Waals surface area contributed by atoms with Gasteiger partial charge in [-0.05, 0) is 6.92 Å². The van der Waals surface area contributed by atoms with Gasteiger partial charge in [-0.15, -0.1) is 0 Å². The van der Waals surface area contributed by atoms with Crippen LogP contribution in [0.25, 0.3) is 0 Å². The highest BCUT2D eigenvalue weighted by Crippen LogP contribution is 1.90. The van der Waals surface area contributed by atoms with Crippen LogP contribution in [0.15, 0.2) is 0 Å². The molecule has 0 aromatic rings. The van der Waals surface area contributed by atoms with E-state index in [0.717, 1.165) is 0 Å². The number of carboxylic acid groups (broad SMARTS) is 1. The average molecular weight is 146 g/mol. The van der Waals surface area contributed by atoms with Gasteiger partial charge in [0.2, 0.25) is 0 Å². The van der Waals surface area contributed by atoms with Crippen molar-refractivity contribution in [2.75, 3.05) is 6.54 Å². The van der Waals surface area contributed by atoms with E-state index in [1.165, 1.54) is 6.92 Å². The number of carboxylic acids is 1. The van der Waals surface area contributed by atoms with E-state index in [1.54, 1.807) is 0 Å². The fraction of sp³-hybridized carbons (Fsp3) is 0.600. The molecule has 0 aliphatic rings. The number of hydrogen-bond donors (Lipinski definition) is 3. The number of rotatable bonds is 4. The third kappa shape index (κ3) is 2.56. The van der Waals surface area contributed by atoms with Gasteiger partial charge in [0.1, 0.15) is 6.29 Å². The molecule has 0 aromatic carbocycles. The van der Waals surface area contributed by atoms with Crippen molar-refractivity contribution in [3.8, 4) is 0 Å². The lowest BCUT2D eigenvalue weighted by Gasteiger charge is -2.18. The van der Waals surface area contributed by atoms with Crippen molar-refractivity contribution in [2.45, 2.75) is 12.6 Å². The number of nitrogens with one attached hydrogen (secondary N) is 1. The second-order valence-corrected chi connectivity index (χ2v) is 2.06. The lowest BCUT2D eigenvalue weighted by molar-refractivity contribution is -0.143. The summed E-state index contributed by atoms with van der Waals surface area (Å²) >= 11 is 0. The van der Waals surface area contributed by atoms with E-state index in [9.17, 15) is 9.59 Å². The van der Waals surface area contributed by atoms with Crippen LogP contribution in [0.1, 0.15) is 6.92 Å². The van der Waals surface area contributed by atoms with Gasteiger partial charge in [0, 0.05) is 0 Å². The van der Waals surface area contributed by atoms with Crippen LogP contribution in [0.3, 0.4) is 0 Å². The van der Waals surface area contributed by atoms with Gasteiger partial charge in [0.25, 0.3) is 0 Å². The predicted molar refractivity (Wildman–Crippen MR) is 34.3 cm³/mol. The molecule has 1 atom stereocenters. The summed E-state index contributed by atoms with van der Waals surface area (Å²) < 4.78 is 0. The second kappa shape index (κ2) is 3.28. The van der Waals surface area contributed by atoms with Gasteiger partial charge in [-0.1, -0.05) is 0 Å². The Kier molecular flexibility index (Phi) is 2.98. The molecular weight excluding hydrogens is 136 g/mol. The molecule has 0 bridgehead atoms. The third-order valence-corrected chi connectivity index (χ3v) is 0.997. The van der Waals surface area contributed by atoms with Gasteiger partial charge in [0.05, 0.1) is 6.54 Å². The number of nitrogens with two attached hydrogens (primary N) is 1. The summed E-state index contributed by atoms with van der Waals surface area (Å²) in [6, 6.07) is 0. The Morgan fingerprint density at radius 3 is 2.70 bits per heavy atom. The number of aldehydes is 1. The lowest BCUT2D eigenvalue weighted by Crippen LogP contribution is -2.57. The highest BCUT2D eigenvalue weighted by atomic mass is 16.4. The Morgan fingerprint density at radius 1 is 1.90 bits per heavy atom. The standard InChI is InChI=1S/C5H10N2O3/c1-5(6,4(9)10)7-2-3-8/h3,7H,2,6H2,1H3,(H,9,10). The number of carbonyl (C=O) groups excluding carboxylic acids is 1. The first-order valence-corrected chi connectivity index (χ1v) is 2.71. The third-order valence-electron chi connectivity index (χ3n) is 0.997.